The van der Waals surface area contributed by atoms with E-state index in [2.05, 4.69) is 41.8 Å². The van der Waals surface area contributed by atoms with Gasteiger partial charge < -0.3 is 5.32 Å². The first-order valence-electron chi connectivity index (χ1n) is 6.13. The van der Waals surface area contributed by atoms with Crippen LogP contribution in [0.1, 0.15) is 18.4 Å². The van der Waals surface area contributed by atoms with E-state index in [9.17, 15) is 0 Å². The normalized spacial score (nSPS) is 16.2. The highest BCUT2D eigenvalue weighted by Crippen LogP contribution is 2.19. The standard InChI is InChI=1S/C16H16N2/c17-13-18-11-10-14-6-8-16(9-7-14)12-15-4-2-1-3-5-15/h1-8,12,18H,9-11H2. The SMILES string of the molecule is N#CNCCC1=CCC(=Cc2ccccc2)C=C1. The van der Waals surface area contributed by atoms with Crippen molar-refractivity contribution in [3.8, 4) is 6.19 Å². The summed E-state index contributed by atoms with van der Waals surface area (Å²) in [7, 11) is 0. The van der Waals surface area contributed by atoms with Crippen molar-refractivity contribution in [2.24, 2.45) is 0 Å². The zero-order valence-electron chi connectivity index (χ0n) is 10.3. The average Bonchev–Trinajstić information content (AvgIpc) is 2.42. The molecule has 0 unspecified atom stereocenters. The van der Waals surface area contributed by atoms with E-state index in [-0.39, 0.29) is 0 Å². The van der Waals surface area contributed by atoms with Crippen LogP contribution in [0.15, 0.2) is 59.7 Å². The molecule has 2 nitrogen and oxygen atoms in total. The van der Waals surface area contributed by atoms with Gasteiger partial charge in [0.15, 0.2) is 6.19 Å². The highest BCUT2D eigenvalue weighted by atomic mass is 14.8. The zero-order chi connectivity index (χ0) is 12.6. The largest absolute Gasteiger partial charge is 0.324 e. The summed E-state index contributed by atoms with van der Waals surface area (Å²) in [5, 5.41) is 11.1. The van der Waals surface area contributed by atoms with E-state index in [4.69, 9.17) is 5.26 Å². The summed E-state index contributed by atoms with van der Waals surface area (Å²) in [5.74, 6) is 0. The van der Waals surface area contributed by atoms with Gasteiger partial charge in [0, 0.05) is 6.54 Å². The number of rotatable bonds is 4. The van der Waals surface area contributed by atoms with Crippen molar-refractivity contribution >= 4 is 6.08 Å². The van der Waals surface area contributed by atoms with Crippen LogP contribution >= 0.6 is 0 Å². The Morgan fingerprint density at radius 2 is 2.06 bits per heavy atom. The molecule has 1 aliphatic rings. The van der Waals surface area contributed by atoms with Gasteiger partial charge in [0.2, 0.25) is 0 Å². The first-order chi connectivity index (χ1) is 8.88. The summed E-state index contributed by atoms with van der Waals surface area (Å²) in [4.78, 5) is 0. The fourth-order valence-electron chi connectivity index (χ4n) is 1.92. The van der Waals surface area contributed by atoms with Gasteiger partial charge in [-0.15, -0.1) is 0 Å². The molecule has 0 atom stereocenters. The van der Waals surface area contributed by atoms with Crippen molar-refractivity contribution in [1.82, 2.24) is 5.32 Å². The highest BCUT2D eigenvalue weighted by Gasteiger charge is 2.01. The number of nitrogens with zero attached hydrogens (tertiary/aromatic N) is 1. The van der Waals surface area contributed by atoms with Gasteiger partial charge in [0.05, 0.1) is 0 Å². The fourth-order valence-corrected chi connectivity index (χ4v) is 1.92. The number of benzene rings is 1. The molecule has 0 radical (unpaired) electrons. The van der Waals surface area contributed by atoms with Gasteiger partial charge >= 0.3 is 0 Å². The van der Waals surface area contributed by atoms with E-state index in [0.717, 1.165) is 12.8 Å². The number of allylic oxidation sites excluding steroid dienone is 4. The molecule has 0 saturated carbocycles. The minimum atomic E-state index is 0.713. The molecular formula is C16H16N2. The van der Waals surface area contributed by atoms with Crippen molar-refractivity contribution in [2.75, 3.05) is 6.54 Å². The quantitative estimate of drug-likeness (QED) is 0.494. The molecule has 2 heteroatoms. The van der Waals surface area contributed by atoms with Crippen LogP contribution in [-0.2, 0) is 0 Å². The van der Waals surface area contributed by atoms with E-state index in [1.165, 1.54) is 16.7 Å². The Balaban J connectivity index is 1.93. The van der Waals surface area contributed by atoms with Crippen LogP contribution in [0, 0.1) is 11.5 Å². The van der Waals surface area contributed by atoms with E-state index >= 15 is 0 Å². The summed E-state index contributed by atoms with van der Waals surface area (Å²) >= 11 is 0. The molecule has 0 aromatic heterocycles. The smallest absolute Gasteiger partial charge is 0.176 e. The number of hydrogen-bond acceptors (Lipinski definition) is 2. The molecule has 0 aliphatic heterocycles. The van der Waals surface area contributed by atoms with Gasteiger partial charge in [0.25, 0.3) is 0 Å². The molecule has 0 fully saturated rings. The molecular weight excluding hydrogens is 220 g/mol. The second-order valence-corrected chi connectivity index (χ2v) is 4.24. The predicted molar refractivity (Wildman–Crippen MR) is 74.5 cm³/mol. The minimum Gasteiger partial charge on any atom is -0.324 e. The Kier molecular flexibility index (Phi) is 4.38. The monoisotopic (exact) mass is 236 g/mol. The number of hydrogen-bond donors (Lipinski definition) is 1. The van der Waals surface area contributed by atoms with E-state index < -0.39 is 0 Å². The maximum Gasteiger partial charge on any atom is 0.176 e. The summed E-state index contributed by atoms with van der Waals surface area (Å²) in [6, 6.07) is 10.3. The lowest BCUT2D eigenvalue weighted by Crippen LogP contribution is -2.07. The van der Waals surface area contributed by atoms with Crippen molar-refractivity contribution in [3.05, 3.63) is 65.3 Å². The molecule has 1 aromatic carbocycles. The molecule has 0 spiro atoms. The molecule has 0 saturated heterocycles. The van der Waals surface area contributed by atoms with Gasteiger partial charge in [0.1, 0.15) is 0 Å². The summed E-state index contributed by atoms with van der Waals surface area (Å²) in [6.45, 7) is 0.713. The van der Waals surface area contributed by atoms with Crippen LogP contribution in [0.4, 0.5) is 0 Å². The average molecular weight is 236 g/mol. The Morgan fingerprint density at radius 3 is 2.72 bits per heavy atom. The van der Waals surface area contributed by atoms with Crippen LogP contribution in [-0.4, -0.2) is 6.54 Å². The van der Waals surface area contributed by atoms with Crippen molar-refractivity contribution < 1.29 is 0 Å². The Bertz CT molecular complexity index is 516. The molecule has 1 N–H and O–H groups in total. The van der Waals surface area contributed by atoms with E-state index in [0.29, 0.717) is 6.54 Å². The molecule has 1 aliphatic carbocycles. The van der Waals surface area contributed by atoms with Crippen LogP contribution < -0.4 is 5.32 Å². The van der Waals surface area contributed by atoms with Gasteiger partial charge in [-0.05, 0) is 29.6 Å². The zero-order valence-corrected chi connectivity index (χ0v) is 10.3. The third kappa shape index (κ3) is 3.64. The third-order valence-corrected chi connectivity index (χ3v) is 2.88. The van der Waals surface area contributed by atoms with Crippen LogP contribution in [0.5, 0.6) is 0 Å². The fraction of sp³-hybridized carbons (Fsp3) is 0.188. The molecule has 0 amide bonds. The number of nitriles is 1. The van der Waals surface area contributed by atoms with E-state index in [1.807, 2.05) is 24.4 Å². The van der Waals surface area contributed by atoms with Gasteiger partial charge in [-0.1, -0.05) is 54.6 Å². The predicted octanol–water partition coefficient (Wildman–Crippen LogP) is 3.42. The summed E-state index contributed by atoms with van der Waals surface area (Å²) in [5.41, 5.74) is 3.85. The molecule has 1 aromatic rings. The van der Waals surface area contributed by atoms with Crippen molar-refractivity contribution in [1.29, 1.82) is 5.26 Å². The summed E-state index contributed by atoms with van der Waals surface area (Å²) < 4.78 is 0. The first kappa shape index (κ1) is 12.2. The lowest BCUT2D eigenvalue weighted by molar-refractivity contribution is 0.841. The van der Waals surface area contributed by atoms with Gasteiger partial charge in [-0.25, -0.2) is 0 Å². The Morgan fingerprint density at radius 1 is 1.22 bits per heavy atom. The second kappa shape index (κ2) is 6.46. The number of nitrogens with one attached hydrogen (secondary N) is 1. The highest BCUT2D eigenvalue weighted by molar-refractivity contribution is 5.57. The molecule has 0 heterocycles. The molecule has 18 heavy (non-hydrogen) atoms. The molecule has 90 valence electrons. The third-order valence-electron chi connectivity index (χ3n) is 2.88. The first-order valence-corrected chi connectivity index (χ1v) is 6.13. The maximum atomic E-state index is 8.39. The summed E-state index contributed by atoms with van der Waals surface area (Å²) in [6.07, 6.45) is 12.5. The van der Waals surface area contributed by atoms with Gasteiger partial charge in [-0.2, -0.15) is 5.26 Å². The Labute approximate surface area is 108 Å². The van der Waals surface area contributed by atoms with Crippen molar-refractivity contribution in [2.45, 2.75) is 12.8 Å². The lowest BCUT2D eigenvalue weighted by Gasteiger charge is -2.09. The molecule has 2 rings (SSSR count). The molecule has 0 bridgehead atoms. The minimum absolute atomic E-state index is 0.713. The van der Waals surface area contributed by atoms with Crippen LogP contribution in [0.3, 0.4) is 0 Å². The maximum absolute atomic E-state index is 8.39. The van der Waals surface area contributed by atoms with Crippen LogP contribution in [0.25, 0.3) is 6.08 Å². The topological polar surface area (TPSA) is 35.8 Å². The van der Waals surface area contributed by atoms with Gasteiger partial charge in [-0.3, -0.25) is 0 Å². The Hall–Kier alpha value is -2.27. The van der Waals surface area contributed by atoms with Crippen LogP contribution in [0.2, 0.25) is 0 Å². The second-order valence-electron chi connectivity index (χ2n) is 4.24. The van der Waals surface area contributed by atoms with E-state index in [1.54, 1.807) is 0 Å². The lowest BCUT2D eigenvalue weighted by atomic mass is 9.98. The van der Waals surface area contributed by atoms with Crippen molar-refractivity contribution in [3.63, 3.8) is 0 Å².